The van der Waals surface area contributed by atoms with Gasteiger partial charge in [0.2, 0.25) is 0 Å². The van der Waals surface area contributed by atoms with Crippen LogP contribution in [0.4, 0.5) is 0 Å². The van der Waals surface area contributed by atoms with E-state index >= 15 is 0 Å². The first-order valence-corrected chi connectivity index (χ1v) is 3.31. The highest BCUT2D eigenvalue weighted by atomic mass is 16.4. The zero-order valence-corrected chi connectivity index (χ0v) is 6.53. The number of carboxylic acids is 1. The number of aliphatic carboxylic acids is 1. The lowest BCUT2D eigenvalue weighted by Gasteiger charge is -1.89. The lowest BCUT2D eigenvalue weighted by Crippen LogP contribution is -2.01. The standard InChI is InChI=1S/C7H10N2O2/c1-5-3-6(4-7(10)11)8-9(5)2/h3H,4H2,1-2H3,(H,10,11). The number of carbonyl (C=O) groups is 1. The minimum atomic E-state index is -0.844. The van der Waals surface area contributed by atoms with E-state index in [2.05, 4.69) is 5.10 Å². The van der Waals surface area contributed by atoms with Gasteiger partial charge in [-0.1, -0.05) is 0 Å². The molecule has 0 saturated carbocycles. The predicted molar refractivity (Wildman–Crippen MR) is 39.3 cm³/mol. The van der Waals surface area contributed by atoms with Gasteiger partial charge in [-0.05, 0) is 13.0 Å². The minimum Gasteiger partial charge on any atom is -0.481 e. The number of hydrogen-bond donors (Lipinski definition) is 1. The molecule has 1 aromatic rings. The van der Waals surface area contributed by atoms with Gasteiger partial charge in [-0.25, -0.2) is 0 Å². The molecule has 4 heteroatoms. The number of nitrogens with zero attached hydrogens (tertiary/aromatic N) is 2. The highest BCUT2D eigenvalue weighted by Crippen LogP contribution is 2.01. The summed E-state index contributed by atoms with van der Waals surface area (Å²) in [6.45, 7) is 1.89. The number of aryl methyl sites for hydroxylation is 2. The van der Waals surface area contributed by atoms with Crippen LogP contribution in [-0.4, -0.2) is 20.9 Å². The largest absolute Gasteiger partial charge is 0.481 e. The van der Waals surface area contributed by atoms with Gasteiger partial charge in [0.25, 0.3) is 0 Å². The van der Waals surface area contributed by atoms with Crippen LogP contribution in [0.15, 0.2) is 6.07 Å². The first kappa shape index (κ1) is 7.78. The fourth-order valence-electron chi connectivity index (χ4n) is 0.876. The van der Waals surface area contributed by atoms with Crippen LogP contribution >= 0.6 is 0 Å². The number of rotatable bonds is 2. The van der Waals surface area contributed by atoms with Crippen LogP contribution in [-0.2, 0) is 18.3 Å². The Morgan fingerprint density at radius 1 is 1.82 bits per heavy atom. The van der Waals surface area contributed by atoms with E-state index in [0.717, 1.165) is 5.69 Å². The van der Waals surface area contributed by atoms with E-state index in [1.807, 2.05) is 6.92 Å². The smallest absolute Gasteiger partial charge is 0.309 e. The lowest BCUT2D eigenvalue weighted by molar-refractivity contribution is -0.136. The maximum Gasteiger partial charge on any atom is 0.309 e. The van der Waals surface area contributed by atoms with E-state index in [1.165, 1.54) is 0 Å². The Hall–Kier alpha value is -1.32. The van der Waals surface area contributed by atoms with Crippen LogP contribution in [0.3, 0.4) is 0 Å². The number of carboxylic acid groups (broad SMARTS) is 1. The van der Waals surface area contributed by atoms with Crippen molar-refractivity contribution in [1.82, 2.24) is 9.78 Å². The summed E-state index contributed by atoms with van der Waals surface area (Å²) in [5.74, 6) is -0.844. The normalized spacial score (nSPS) is 10.0. The van der Waals surface area contributed by atoms with Gasteiger partial charge in [0.15, 0.2) is 0 Å². The first-order chi connectivity index (χ1) is 5.09. The minimum absolute atomic E-state index is 0.00167. The quantitative estimate of drug-likeness (QED) is 0.669. The Morgan fingerprint density at radius 3 is 2.82 bits per heavy atom. The summed E-state index contributed by atoms with van der Waals surface area (Å²) in [4.78, 5) is 10.2. The van der Waals surface area contributed by atoms with Gasteiger partial charge < -0.3 is 5.11 Å². The average molecular weight is 154 g/mol. The molecule has 0 aliphatic heterocycles. The van der Waals surface area contributed by atoms with Gasteiger partial charge in [0, 0.05) is 12.7 Å². The Morgan fingerprint density at radius 2 is 2.45 bits per heavy atom. The molecule has 0 aliphatic rings. The molecule has 0 unspecified atom stereocenters. The van der Waals surface area contributed by atoms with Crippen LogP contribution in [0.2, 0.25) is 0 Å². The Labute approximate surface area is 64.5 Å². The van der Waals surface area contributed by atoms with Crippen molar-refractivity contribution in [1.29, 1.82) is 0 Å². The summed E-state index contributed by atoms with van der Waals surface area (Å²) >= 11 is 0. The van der Waals surface area contributed by atoms with Gasteiger partial charge in [0.05, 0.1) is 12.1 Å². The van der Waals surface area contributed by atoms with Crippen LogP contribution < -0.4 is 0 Å². The van der Waals surface area contributed by atoms with Gasteiger partial charge >= 0.3 is 5.97 Å². The highest BCUT2D eigenvalue weighted by molar-refractivity contribution is 5.69. The Kier molecular flexibility index (Phi) is 1.94. The Balaban J connectivity index is 2.81. The molecular weight excluding hydrogens is 144 g/mol. The zero-order chi connectivity index (χ0) is 8.43. The van der Waals surface area contributed by atoms with Crippen molar-refractivity contribution in [3.05, 3.63) is 17.5 Å². The van der Waals surface area contributed by atoms with Gasteiger partial charge in [-0.2, -0.15) is 5.10 Å². The molecule has 0 saturated heterocycles. The van der Waals surface area contributed by atoms with E-state index in [4.69, 9.17) is 5.11 Å². The van der Waals surface area contributed by atoms with E-state index in [-0.39, 0.29) is 6.42 Å². The molecule has 0 radical (unpaired) electrons. The van der Waals surface area contributed by atoms with Crippen molar-refractivity contribution >= 4 is 5.97 Å². The maximum atomic E-state index is 10.2. The van der Waals surface area contributed by atoms with Crippen LogP contribution in [0.25, 0.3) is 0 Å². The molecule has 0 aliphatic carbocycles. The first-order valence-electron chi connectivity index (χ1n) is 3.31. The second kappa shape index (κ2) is 2.74. The molecule has 0 spiro atoms. The molecule has 0 bridgehead atoms. The summed E-state index contributed by atoms with van der Waals surface area (Å²) in [6, 6.07) is 1.77. The van der Waals surface area contributed by atoms with Crippen LogP contribution in [0.1, 0.15) is 11.4 Å². The molecule has 0 atom stereocenters. The SMILES string of the molecule is Cc1cc(CC(=O)O)nn1C. The molecule has 1 rings (SSSR count). The molecule has 0 fully saturated rings. The van der Waals surface area contributed by atoms with Crippen molar-refractivity contribution in [3.63, 3.8) is 0 Å². The van der Waals surface area contributed by atoms with Gasteiger partial charge in [0.1, 0.15) is 0 Å². The molecule has 1 N–H and O–H groups in total. The monoisotopic (exact) mass is 154 g/mol. The second-order valence-electron chi connectivity index (χ2n) is 2.47. The number of hydrogen-bond acceptors (Lipinski definition) is 2. The molecule has 60 valence electrons. The van der Waals surface area contributed by atoms with E-state index in [1.54, 1.807) is 17.8 Å². The van der Waals surface area contributed by atoms with E-state index in [0.29, 0.717) is 5.69 Å². The second-order valence-corrected chi connectivity index (χ2v) is 2.47. The Bertz CT molecular complexity index is 258. The highest BCUT2D eigenvalue weighted by Gasteiger charge is 2.04. The molecule has 1 aromatic heterocycles. The maximum absolute atomic E-state index is 10.2. The summed E-state index contributed by atoms with van der Waals surface area (Å²) in [5, 5.41) is 12.4. The van der Waals surface area contributed by atoms with Crippen molar-refractivity contribution < 1.29 is 9.90 Å². The van der Waals surface area contributed by atoms with Crippen molar-refractivity contribution in [2.45, 2.75) is 13.3 Å². The van der Waals surface area contributed by atoms with Crippen molar-refractivity contribution in [3.8, 4) is 0 Å². The van der Waals surface area contributed by atoms with Crippen LogP contribution in [0.5, 0.6) is 0 Å². The molecule has 4 nitrogen and oxygen atoms in total. The third-order valence-electron chi connectivity index (χ3n) is 1.50. The molecule has 11 heavy (non-hydrogen) atoms. The van der Waals surface area contributed by atoms with Crippen molar-refractivity contribution in [2.24, 2.45) is 7.05 Å². The lowest BCUT2D eigenvalue weighted by atomic mass is 10.3. The third kappa shape index (κ3) is 1.80. The van der Waals surface area contributed by atoms with Crippen molar-refractivity contribution in [2.75, 3.05) is 0 Å². The molecule has 1 heterocycles. The zero-order valence-electron chi connectivity index (χ0n) is 6.53. The fraction of sp³-hybridized carbons (Fsp3) is 0.429. The topological polar surface area (TPSA) is 55.1 Å². The molecular formula is C7H10N2O2. The number of aromatic nitrogens is 2. The predicted octanol–water partition coefficient (Wildman–Crippen LogP) is 0.356. The fourth-order valence-corrected chi connectivity index (χ4v) is 0.876. The van der Waals surface area contributed by atoms with E-state index < -0.39 is 5.97 Å². The molecule has 0 amide bonds. The van der Waals surface area contributed by atoms with Crippen LogP contribution in [0, 0.1) is 6.92 Å². The van der Waals surface area contributed by atoms with Gasteiger partial charge in [-0.3, -0.25) is 9.48 Å². The third-order valence-corrected chi connectivity index (χ3v) is 1.50. The van der Waals surface area contributed by atoms with Gasteiger partial charge in [-0.15, -0.1) is 0 Å². The average Bonchev–Trinajstić information content (AvgIpc) is 2.10. The van der Waals surface area contributed by atoms with E-state index in [9.17, 15) is 4.79 Å². The summed E-state index contributed by atoms with van der Waals surface area (Å²) in [7, 11) is 1.79. The summed E-state index contributed by atoms with van der Waals surface area (Å²) in [5.41, 5.74) is 1.58. The summed E-state index contributed by atoms with van der Waals surface area (Å²) < 4.78 is 1.66. The molecule has 0 aromatic carbocycles. The summed E-state index contributed by atoms with van der Waals surface area (Å²) in [6.07, 6.45) is 0.00167.